The van der Waals surface area contributed by atoms with E-state index < -0.39 is 0 Å². The fourth-order valence-electron chi connectivity index (χ4n) is 1.81. The molecule has 1 heterocycles. The van der Waals surface area contributed by atoms with Gasteiger partial charge in [0, 0.05) is 12.1 Å². The number of aliphatic imine (C=N–C) groups is 1. The first kappa shape index (κ1) is 10.0. The van der Waals surface area contributed by atoms with Crippen molar-refractivity contribution in [1.29, 1.82) is 0 Å². The van der Waals surface area contributed by atoms with Crippen molar-refractivity contribution in [1.82, 2.24) is 10.5 Å². The van der Waals surface area contributed by atoms with Crippen molar-refractivity contribution < 1.29 is 4.52 Å². The van der Waals surface area contributed by atoms with Crippen LogP contribution in [0.3, 0.4) is 0 Å². The van der Waals surface area contributed by atoms with Crippen LogP contribution in [0.25, 0.3) is 0 Å². The summed E-state index contributed by atoms with van der Waals surface area (Å²) in [4.78, 5) is 4.18. The van der Waals surface area contributed by atoms with E-state index in [1.807, 2.05) is 0 Å². The van der Waals surface area contributed by atoms with Gasteiger partial charge < -0.3 is 15.6 Å². The van der Waals surface area contributed by atoms with Crippen LogP contribution in [0, 0.1) is 0 Å². The lowest BCUT2D eigenvalue weighted by Gasteiger charge is -2.11. The number of hydrogen-bond acceptors (Lipinski definition) is 3. The van der Waals surface area contributed by atoms with Gasteiger partial charge in [0.05, 0.1) is 6.20 Å². The highest BCUT2D eigenvalue weighted by Crippen LogP contribution is 2.17. The quantitative estimate of drug-likeness (QED) is 0.574. The normalized spacial score (nSPS) is 18.3. The fourth-order valence-corrected chi connectivity index (χ4v) is 1.81. The van der Waals surface area contributed by atoms with Crippen LogP contribution in [0.4, 0.5) is 0 Å². The maximum absolute atomic E-state index is 5.75. The summed E-state index contributed by atoms with van der Waals surface area (Å²) in [6.07, 6.45) is 6.56. The van der Waals surface area contributed by atoms with Gasteiger partial charge in [0.1, 0.15) is 6.54 Å². The largest absolute Gasteiger partial charge is 0.370 e. The number of nitrogens with zero attached hydrogens (tertiary/aromatic N) is 2. The molecule has 5 nitrogen and oxygen atoms in total. The van der Waals surface area contributed by atoms with Gasteiger partial charge in [-0.15, -0.1) is 0 Å². The van der Waals surface area contributed by atoms with Gasteiger partial charge in [-0.05, 0) is 12.8 Å². The third kappa shape index (κ3) is 2.97. The molecule has 15 heavy (non-hydrogen) atoms. The lowest BCUT2D eigenvalue weighted by atomic mass is 10.2. The van der Waals surface area contributed by atoms with E-state index in [2.05, 4.69) is 15.5 Å². The molecule has 1 aromatic rings. The molecule has 1 fully saturated rings. The summed E-state index contributed by atoms with van der Waals surface area (Å²) < 4.78 is 4.91. The molecule has 2 rings (SSSR count). The maximum Gasteiger partial charge on any atom is 0.189 e. The first-order valence-corrected chi connectivity index (χ1v) is 5.30. The summed E-state index contributed by atoms with van der Waals surface area (Å²) in [5.41, 5.74) is 5.75. The summed E-state index contributed by atoms with van der Waals surface area (Å²) in [6, 6.07) is 2.29. The molecule has 0 spiro atoms. The number of nitrogens with one attached hydrogen (secondary N) is 1. The van der Waals surface area contributed by atoms with E-state index in [1.54, 1.807) is 12.3 Å². The van der Waals surface area contributed by atoms with E-state index in [0.29, 0.717) is 18.5 Å². The average molecular weight is 208 g/mol. The zero-order valence-corrected chi connectivity index (χ0v) is 8.65. The standard InChI is InChI=1S/C10H16N4O/c11-10(14-8-3-1-2-4-8)12-7-9-5-6-13-15-9/h5-6,8H,1-4,7H2,(H3,11,12,14). The lowest BCUT2D eigenvalue weighted by Crippen LogP contribution is -2.38. The molecular formula is C10H16N4O. The van der Waals surface area contributed by atoms with Crippen molar-refractivity contribution in [3.8, 4) is 0 Å². The molecule has 1 aromatic heterocycles. The van der Waals surface area contributed by atoms with Gasteiger partial charge in [-0.25, -0.2) is 4.99 Å². The molecule has 0 atom stereocenters. The molecule has 82 valence electrons. The molecular weight excluding hydrogens is 192 g/mol. The third-order valence-electron chi connectivity index (χ3n) is 2.60. The first-order chi connectivity index (χ1) is 7.34. The Morgan fingerprint density at radius 3 is 3.07 bits per heavy atom. The highest BCUT2D eigenvalue weighted by molar-refractivity contribution is 5.78. The monoisotopic (exact) mass is 208 g/mol. The Morgan fingerprint density at radius 1 is 1.60 bits per heavy atom. The SMILES string of the molecule is NC(=NCc1ccno1)NC1CCCC1. The van der Waals surface area contributed by atoms with Crippen molar-refractivity contribution in [3.05, 3.63) is 18.0 Å². The van der Waals surface area contributed by atoms with Crippen molar-refractivity contribution in [2.45, 2.75) is 38.3 Å². The van der Waals surface area contributed by atoms with E-state index in [9.17, 15) is 0 Å². The number of hydrogen-bond donors (Lipinski definition) is 2. The second-order valence-electron chi connectivity index (χ2n) is 3.81. The summed E-state index contributed by atoms with van der Waals surface area (Å²) in [7, 11) is 0. The van der Waals surface area contributed by atoms with Gasteiger partial charge in [-0.2, -0.15) is 0 Å². The summed E-state index contributed by atoms with van der Waals surface area (Å²) in [6.45, 7) is 0.450. The predicted molar refractivity (Wildman–Crippen MR) is 57.2 cm³/mol. The van der Waals surface area contributed by atoms with E-state index in [0.717, 1.165) is 5.76 Å². The molecule has 0 saturated heterocycles. The van der Waals surface area contributed by atoms with Crippen LogP contribution in [-0.2, 0) is 6.54 Å². The Kier molecular flexibility index (Phi) is 3.22. The van der Waals surface area contributed by atoms with Crippen molar-refractivity contribution in [2.24, 2.45) is 10.7 Å². The second-order valence-corrected chi connectivity index (χ2v) is 3.81. The Morgan fingerprint density at radius 2 is 2.40 bits per heavy atom. The molecule has 3 N–H and O–H groups in total. The Bertz CT molecular complexity index is 314. The minimum atomic E-state index is 0.450. The van der Waals surface area contributed by atoms with Gasteiger partial charge in [0.25, 0.3) is 0 Å². The number of nitrogens with two attached hydrogens (primary N) is 1. The van der Waals surface area contributed by atoms with Crippen LogP contribution < -0.4 is 11.1 Å². The van der Waals surface area contributed by atoms with Crippen molar-refractivity contribution in [3.63, 3.8) is 0 Å². The average Bonchev–Trinajstić information content (AvgIpc) is 2.86. The van der Waals surface area contributed by atoms with Crippen molar-refractivity contribution in [2.75, 3.05) is 0 Å². The third-order valence-corrected chi connectivity index (χ3v) is 2.60. The molecule has 0 aromatic carbocycles. The molecule has 0 radical (unpaired) electrons. The van der Waals surface area contributed by atoms with E-state index in [4.69, 9.17) is 10.3 Å². The van der Waals surface area contributed by atoms with Gasteiger partial charge in [-0.3, -0.25) is 0 Å². The van der Waals surface area contributed by atoms with Crippen LogP contribution in [0.5, 0.6) is 0 Å². The summed E-state index contributed by atoms with van der Waals surface area (Å²) >= 11 is 0. The Hall–Kier alpha value is -1.52. The molecule has 0 amide bonds. The minimum Gasteiger partial charge on any atom is -0.370 e. The molecule has 5 heteroatoms. The van der Waals surface area contributed by atoms with Gasteiger partial charge in [0.15, 0.2) is 11.7 Å². The van der Waals surface area contributed by atoms with Crippen LogP contribution >= 0.6 is 0 Å². The predicted octanol–water partition coefficient (Wildman–Crippen LogP) is 1.02. The lowest BCUT2D eigenvalue weighted by molar-refractivity contribution is 0.385. The van der Waals surface area contributed by atoms with Gasteiger partial charge in [-0.1, -0.05) is 18.0 Å². The molecule has 1 saturated carbocycles. The maximum atomic E-state index is 5.75. The van der Waals surface area contributed by atoms with Gasteiger partial charge >= 0.3 is 0 Å². The van der Waals surface area contributed by atoms with Crippen LogP contribution in [0.2, 0.25) is 0 Å². The summed E-state index contributed by atoms with van der Waals surface area (Å²) in [5, 5.41) is 6.80. The van der Waals surface area contributed by atoms with Crippen LogP contribution in [-0.4, -0.2) is 17.2 Å². The zero-order valence-electron chi connectivity index (χ0n) is 8.65. The topological polar surface area (TPSA) is 76.4 Å². The Labute approximate surface area is 88.7 Å². The van der Waals surface area contributed by atoms with E-state index in [1.165, 1.54) is 25.7 Å². The molecule has 1 aliphatic carbocycles. The Balaban J connectivity index is 1.79. The van der Waals surface area contributed by atoms with E-state index in [-0.39, 0.29) is 0 Å². The first-order valence-electron chi connectivity index (χ1n) is 5.30. The highest BCUT2D eigenvalue weighted by atomic mass is 16.5. The van der Waals surface area contributed by atoms with Gasteiger partial charge in [0.2, 0.25) is 0 Å². The van der Waals surface area contributed by atoms with E-state index >= 15 is 0 Å². The van der Waals surface area contributed by atoms with Crippen molar-refractivity contribution >= 4 is 5.96 Å². The molecule has 0 aliphatic heterocycles. The number of aromatic nitrogens is 1. The fraction of sp³-hybridized carbons (Fsp3) is 0.600. The summed E-state index contributed by atoms with van der Waals surface area (Å²) in [5.74, 6) is 1.23. The smallest absolute Gasteiger partial charge is 0.189 e. The second kappa shape index (κ2) is 4.82. The number of guanidine groups is 1. The van der Waals surface area contributed by atoms with Crippen LogP contribution in [0.1, 0.15) is 31.4 Å². The number of rotatable bonds is 3. The highest BCUT2D eigenvalue weighted by Gasteiger charge is 2.14. The van der Waals surface area contributed by atoms with Crippen LogP contribution in [0.15, 0.2) is 21.8 Å². The zero-order chi connectivity index (χ0) is 10.5. The molecule has 0 bridgehead atoms. The molecule has 0 unspecified atom stereocenters. The minimum absolute atomic E-state index is 0.450. The molecule has 1 aliphatic rings.